The molecule has 3 rings (SSSR count). The largest absolute Gasteiger partial charge is 0.497 e. The van der Waals surface area contributed by atoms with Crippen molar-refractivity contribution in [3.8, 4) is 22.8 Å². The van der Waals surface area contributed by atoms with Crippen LogP contribution in [0, 0.1) is 0 Å². The number of nitrogens with zero attached hydrogens (tertiary/aromatic N) is 3. The fraction of sp³-hybridized carbons (Fsp3) is 0.250. The zero-order valence-corrected chi connectivity index (χ0v) is 16.4. The average Bonchev–Trinajstić information content (AvgIpc) is 3.10. The molecule has 0 aliphatic rings. The van der Waals surface area contributed by atoms with Gasteiger partial charge in [0.1, 0.15) is 5.75 Å². The van der Waals surface area contributed by atoms with Crippen LogP contribution in [0.5, 0.6) is 5.75 Å². The fourth-order valence-electron chi connectivity index (χ4n) is 2.62. The molecule has 0 aliphatic heterocycles. The van der Waals surface area contributed by atoms with Crippen molar-refractivity contribution in [2.75, 3.05) is 12.9 Å². The lowest BCUT2D eigenvalue weighted by Gasteiger charge is -2.11. The summed E-state index contributed by atoms with van der Waals surface area (Å²) in [5, 5.41) is 12.3. The number of amides is 1. The Morgan fingerprint density at radius 2 is 1.93 bits per heavy atom. The second kappa shape index (κ2) is 8.73. The Kier molecular flexibility index (Phi) is 6.13. The number of nitrogens with one attached hydrogen (secondary N) is 1. The maximum absolute atomic E-state index is 12.0. The number of carbonyl (C=O) groups is 1. The van der Waals surface area contributed by atoms with Gasteiger partial charge in [-0.25, -0.2) is 0 Å². The Bertz CT molecular complexity index is 909. The molecule has 0 spiro atoms. The summed E-state index contributed by atoms with van der Waals surface area (Å²) in [6.45, 7) is 3.88. The number of rotatable bonds is 7. The van der Waals surface area contributed by atoms with Crippen molar-refractivity contribution in [2.24, 2.45) is 0 Å². The van der Waals surface area contributed by atoms with Crippen LogP contribution in [-0.2, 0) is 4.79 Å². The molecule has 1 N–H and O–H groups in total. The first kappa shape index (κ1) is 19.0. The van der Waals surface area contributed by atoms with E-state index in [1.165, 1.54) is 11.8 Å². The van der Waals surface area contributed by atoms with E-state index in [1.807, 2.05) is 73.0 Å². The topological polar surface area (TPSA) is 69.0 Å². The van der Waals surface area contributed by atoms with Gasteiger partial charge >= 0.3 is 0 Å². The third-order valence-corrected chi connectivity index (χ3v) is 4.69. The molecular weight excluding hydrogens is 360 g/mol. The summed E-state index contributed by atoms with van der Waals surface area (Å²) < 4.78 is 7.29. The van der Waals surface area contributed by atoms with Crippen LogP contribution < -0.4 is 10.1 Å². The van der Waals surface area contributed by atoms with E-state index in [0.29, 0.717) is 11.0 Å². The first-order valence-corrected chi connectivity index (χ1v) is 9.64. The predicted molar refractivity (Wildman–Crippen MR) is 107 cm³/mol. The monoisotopic (exact) mass is 382 g/mol. The fourth-order valence-corrected chi connectivity index (χ4v) is 3.38. The number of methoxy groups -OCH3 is 1. The minimum atomic E-state index is -0.0273. The van der Waals surface area contributed by atoms with E-state index in [0.717, 1.165) is 17.0 Å². The van der Waals surface area contributed by atoms with Gasteiger partial charge in [-0.3, -0.25) is 9.36 Å². The third kappa shape index (κ3) is 4.68. The lowest BCUT2D eigenvalue weighted by atomic mass is 10.2. The van der Waals surface area contributed by atoms with Crippen LogP contribution in [0.2, 0.25) is 0 Å². The number of para-hydroxylation sites is 1. The SMILES string of the molecule is COc1cccc(-c2nnc(SCC(=O)NC(C)C)n2-c2ccccc2)c1. The highest BCUT2D eigenvalue weighted by Gasteiger charge is 2.17. The summed E-state index contributed by atoms with van der Waals surface area (Å²) in [5.41, 5.74) is 1.83. The van der Waals surface area contributed by atoms with Crippen LogP contribution in [0.1, 0.15) is 13.8 Å². The maximum Gasteiger partial charge on any atom is 0.230 e. The van der Waals surface area contributed by atoms with E-state index in [9.17, 15) is 4.79 Å². The molecule has 0 fully saturated rings. The Balaban J connectivity index is 1.97. The quantitative estimate of drug-likeness (QED) is 0.633. The summed E-state index contributed by atoms with van der Waals surface area (Å²) in [6.07, 6.45) is 0. The van der Waals surface area contributed by atoms with Crippen molar-refractivity contribution in [2.45, 2.75) is 25.0 Å². The summed E-state index contributed by atoms with van der Waals surface area (Å²) in [5.74, 6) is 1.70. The van der Waals surface area contributed by atoms with Gasteiger partial charge in [0, 0.05) is 17.3 Å². The molecule has 140 valence electrons. The van der Waals surface area contributed by atoms with Gasteiger partial charge in [0.15, 0.2) is 11.0 Å². The van der Waals surface area contributed by atoms with Gasteiger partial charge in [0.2, 0.25) is 5.91 Å². The number of hydrogen-bond donors (Lipinski definition) is 1. The van der Waals surface area contributed by atoms with Crippen molar-refractivity contribution in [3.05, 3.63) is 54.6 Å². The average molecular weight is 382 g/mol. The molecule has 3 aromatic rings. The standard InChI is InChI=1S/C20H22N4O2S/c1-14(2)21-18(25)13-27-20-23-22-19(15-8-7-11-17(12-15)26-3)24(20)16-9-5-4-6-10-16/h4-12,14H,13H2,1-3H3,(H,21,25). The number of carbonyl (C=O) groups excluding carboxylic acids is 1. The Labute approximate surface area is 163 Å². The predicted octanol–water partition coefficient (Wildman–Crippen LogP) is 3.56. The van der Waals surface area contributed by atoms with E-state index >= 15 is 0 Å². The summed E-state index contributed by atoms with van der Waals surface area (Å²) in [4.78, 5) is 12.0. The summed E-state index contributed by atoms with van der Waals surface area (Å²) in [6, 6.07) is 17.7. The molecule has 0 saturated heterocycles. The Hall–Kier alpha value is -2.80. The second-order valence-electron chi connectivity index (χ2n) is 6.22. The zero-order chi connectivity index (χ0) is 19.2. The van der Waals surface area contributed by atoms with Gasteiger partial charge in [-0.05, 0) is 38.1 Å². The molecule has 0 saturated carbocycles. The van der Waals surface area contributed by atoms with Gasteiger partial charge < -0.3 is 10.1 Å². The zero-order valence-electron chi connectivity index (χ0n) is 15.5. The van der Waals surface area contributed by atoms with Crippen LogP contribution >= 0.6 is 11.8 Å². The molecule has 0 atom stereocenters. The van der Waals surface area contributed by atoms with Gasteiger partial charge in [0.05, 0.1) is 12.9 Å². The number of benzene rings is 2. The molecule has 27 heavy (non-hydrogen) atoms. The molecule has 1 amide bonds. The van der Waals surface area contributed by atoms with Crippen LogP contribution in [0.25, 0.3) is 17.1 Å². The highest BCUT2D eigenvalue weighted by Crippen LogP contribution is 2.29. The van der Waals surface area contributed by atoms with Crippen LogP contribution in [0.4, 0.5) is 0 Å². The van der Waals surface area contributed by atoms with Crippen molar-refractivity contribution in [1.29, 1.82) is 0 Å². The van der Waals surface area contributed by atoms with Crippen LogP contribution in [0.15, 0.2) is 59.8 Å². The highest BCUT2D eigenvalue weighted by atomic mass is 32.2. The van der Waals surface area contributed by atoms with E-state index < -0.39 is 0 Å². The van der Waals surface area contributed by atoms with Crippen molar-refractivity contribution >= 4 is 17.7 Å². The first-order valence-electron chi connectivity index (χ1n) is 8.66. The van der Waals surface area contributed by atoms with E-state index in [2.05, 4.69) is 15.5 Å². The van der Waals surface area contributed by atoms with Crippen LogP contribution in [-0.4, -0.2) is 39.6 Å². The van der Waals surface area contributed by atoms with Gasteiger partial charge in [-0.1, -0.05) is 42.1 Å². The minimum Gasteiger partial charge on any atom is -0.497 e. The van der Waals surface area contributed by atoms with E-state index in [-0.39, 0.29) is 17.7 Å². The minimum absolute atomic E-state index is 0.0273. The molecule has 1 aromatic heterocycles. The normalized spacial score (nSPS) is 10.8. The third-order valence-electron chi connectivity index (χ3n) is 3.76. The van der Waals surface area contributed by atoms with Crippen molar-refractivity contribution in [1.82, 2.24) is 20.1 Å². The second-order valence-corrected chi connectivity index (χ2v) is 7.16. The Morgan fingerprint density at radius 3 is 2.63 bits per heavy atom. The van der Waals surface area contributed by atoms with Crippen molar-refractivity contribution in [3.63, 3.8) is 0 Å². The van der Waals surface area contributed by atoms with Crippen LogP contribution in [0.3, 0.4) is 0 Å². The maximum atomic E-state index is 12.0. The van der Waals surface area contributed by atoms with E-state index in [1.54, 1.807) is 7.11 Å². The molecule has 0 unspecified atom stereocenters. The summed E-state index contributed by atoms with van der Waals surface area (Å²) >= 11 is 1.36. The smallest absolute Gasteiger partial charge is 0.230 e. The molecule has 0 radical (unpaired) electrons. The molecule has 0 bridgehead atoms. The lowest BCUT2D eigenvalue weighted by molar-refractivity contribution is -0.119. The molecule has 7 heteroatoms. The number of aromatic nitrogens is 3. The molecule has 0 aliphatic carbocycles. The molecule has 2 aromatic carbocycles. The number of hydrogen-bond acceptors (Lipinski definition) is 5. The number of thioether (sulfide) groups is 1. The van der Waals surface area contributed by atoms with Gasteiger partial charge in [-0.2, -0.15) is 0 Å². The molecular formula is C20H22N4O2S. The Morgan fingerprint density at radius 1 is 1.15 bits per heavy atom. The molecule has 1 heterocycles. The van der Waals surface area contributed by atoms with Gasteiger partial charge in [0.25, 0.3) is 0 Å². The summed E-state index contributed by atoms with van der Waals surface area (Å²) in [7, 11) is 1.63. The first-order chi connectivity index (χ1) is 13.1. The van der Waals surface area contributed by atoms with Crippen molar-refractivity contribution < 1.29 is 9.53 Å². The molecule has 6 nitrogen and oxygen atoms in total. The number of ether oxygens (including phenoxy) is 1. The highest BCUT2D eigenvalue weighted by molar-refractivity contribution is 7.99. The van der Waals surface area contributed by atoms with Gasteiger partial charge in [-0.15, -0.1) is 10.2 Å². The van der Waals surface area contributed by atoms with E-state index in [4.69, 9.17) is 4.74 Å². The lowest BCUT2D eigenvalue weighted by Crippen LogP contribution is -2.31.